The average Bonchev–Trinajstić information content (AvgIpc) is 2.90. The van der Waals surface area contributed by atoms with Gasteiger partial charge in [-0.15, -0.1) is 0 Å². The molecule has 0 aromatic carbocycles. The molecule has 104 valence electrons. The van der Waals surface area contributed by atoms with Crippen molar-refractivity contribution in [2.45, 2.75) is 12.5 Å². The van der Waals surface area contributed by atoms with Crippen LogP contribution in [0.25, 0.3) is 0 Å². The van der Waals surface area contributed by atoms with Crippen LogP contribution in [0.5, 0.6) is 0 Å². The lowest BCUT2D eigenvalue weighted by molar-refractivity contribution is -0.142. The molecule has 1 aromatic rings. The van der Waals surface area contributed by atoms with Gasteiger partial charge in [0.25, 0.3) is 0 Å². The zero-order chi connectivity index (χ0) is 14.0. The standard InChI is InChI=1S/C12H17N3O4/c1-14-7-8(6-13-14)11-9(12(17)18)5-10(16)15(11)3-4-19-2/h6-7,9,11H,3-5H2,1-2H3,(H,17,18). The number of amides is 1. The molecule has 7 heteroatoms. The van der Waals surface area contributed by atoms with Crippen molar-refractivity contribution in [3.63, 3.8) is 0 Å². The van der Waals surface area contributed by atoms with E-state index in [9.17, 15) is 14.7 Å². The largest absolute Gasteiger partial charge is 0.481 e. The molecular weight excluding hydrogens is 250 g/mol. The SMILES string of the molecule is COCCN1C(=O)CC(C(=O)O)C1c1cnn(C)c1. The number of aliphatic carboxylic acids is 1. The van der Waals surface area contributed by atoms with Crippen LogP contribution in [0.1, 0.15) is 18.0 Å². The number of rotatable bonds is 5. The summed E-state index contributed by atoms with van der Waals surface area (Å²) in [5.74, 6) is -1.84. The summed E-state index contributed by atoms with van der Waals surface area (Å²) in [6.07, 6.45) is 3.39. The third kappa shape index (κ3) is 2.60. The van der Waals surface area contributed by atoms with E-state index in [1.807, 2.05) is 0 Å². The monoisotopic (exact) mass is 267 g/mol. The first-order valence-corrected chi connectivity index (χ1v) is 6.04. The van der Waals surface area contributed by atoms with Crippen molar-refractivity contribution >= 4 is 11.9 Å². The number of carboxylic acids is 1. The number of carboxylic acid groups (broad SMARTS) is 1. The molecule has 2 unspecified atom stereocenters. The Morgan fingerprint density at radius 1 is 1.63 bits per heavy atom. The fraction of sp³-hybridized carbons (Fsp3) is 0.583. The molecular formula is C12H17N3O4. The molecule has 2 rings (SSSR count). The highest BCUT2D eigenvalue weighted by molar-refractivity contribution is 5.87. The van der Waals surface area contributed by atoms with Crippen LogP contribution in [0.15, 0.2) is 12.4 Å². The van der Waals surface area contributed by atoms with Gasteiger partial charge in [-0.05, 0) is 0 Å². The normalized spacial score (nSPS) is 23.1. The first-order chi connectivity index (χ1) is 9.04. The Morgan fingerprint density at radius 2 is 2.37 bits per heavy atom. The van der Waals surface area contributed by atoms with Gasteiger partial charge in [0.05, 0.1) is 24.8 Å². The molecule has 1 aliphatic heterocycles. The Kier molecular flexibility index (Phi) is 3.84. The van der Waals surface area contributed by atoms with Gasteiger partial charge in [0.15, 0.2) is 0 Å². The molecule has 19 heavy (non-hydrogen) atoms. The van der Waals surface area contributed by atoms with Gasteiger partial charge in [-0.1, -0.05) is 0 Å². The van der Waals surface area contributed by atoms with E-state index >= 15 is 0 Å². The van der Waals surface area contributed by atoms with Crippen LogP contribution in [-0.2, 0) is 21.4 Å². The molecule has 1 amide bonds. The second-order valence-electron chi connectivity index (χ2n) is 4.62. The van der Waals surface area contributed by atoms with Gasteiger partial charge >= 0.3 is 5.97 Å². The van der Waals surface area contributed by atoms with Crippen LogP contribution < -0.4 is 0 Å². The number of aryl methyl sites for hydroxylation is 1. The number of carbonyl (C=O) groups is 2. The Bertz CT molecular complexity index is 485. The van der Waals surface area contributed by atoms with E-state index in [1.54, 1.807) is 36.1 Å². The predicted molar refractivity (Wildman–Crippen MR) is 65.3 cm³/mol. The van der Waals surface area contributed by atoms with Gasteiger partial charge < -0.3 is 14.7 Å². The minimum Gasteiger partial charge on any atom is -0.481 e. The number of carbonyl (C=O) groups excluding carboxylic acids is 1. The minimum absolute atomic E-state index is 0.0264. The van der Waals surface area contributed by atoms with Gasteiger partial charge in [-0.3, -0.25) is 14.3 Å². The molecule has 1 saturated heterocycles. The van der Waals surface area contributed by atoms with Crippen molar-refractivity contribution in [3.8, 4) is 0 Å². The molecule has 1 aliphatic rings. The topological polar surface area (TPSA) is 84.7 Å². The summed E-state index contributed by atoms with van der Waals surface area (Å²) in [5.41, 5.74) is 0.747. The molecule has 1 aromatic heterocycles. The molecule has 0 bridgehead atoms. The molecule has 2 heterocycles. The summed E-state index contributed by atoms with van der Waals surface area (Å²) in [6.45, 7) is 0.771. The number of hydrogen-bond donors (Lipinski definition) is 1. The Hall–Kier alpha value is -1.89. The number of aromatic nitrogens is 2. The quantitative estimate of drug-likeness (QED) is 0.814. The second-order valence-corrected chi connectivity index (χ2v) is 4.62. The maximum Gasteiger partial charge on any atom is 0.309 e. The highest BCUT2D eigenvalue weighted by Gasteiger charge is 2.44. The predicted octanol–water partition coefficient (Wildman–Crippen LogP) is 0.0407. The zero-order valence-corrected chi connectivity index (χ0v) is 10.9. The van der Waals surface area contributed by atoms with Crippen LogP contribution in [-0.4, -0.2) is 51.9 Å². The molecule has 1 N–H and O–H groups in total. The molecule has 7 nitrogen and oxygen atoms in total. The van der Waals surface area contributed by atoms with Crippen LogP contribution in [0.4, 0.5) is 0 Å². The number of ether oxygens (including phenoxy) is 1. The highest BCUT2D eigenvalue weighted by Crippen LogP contribution is 2.37. The molecule has 0 spiro atoms. The minimum atomic E-state index is -0.956. The number of nitrogens with zero attached hydrogens (tertiary/aromatic N) is 3. The molecule has 0 aliphatic carbocycles. The number of hydrogen-bond acceptors (Lipinski definition) is 4. The van der Waals surface area contributed by atoms with Crippen molar-refractivity contribution in [1.82, 2.24) is 14.7 Å². The van der Waals surface area contributed by atoms with Gasteiger partial charge in [0.2, 0.25) is 5.91 Å². The Balaban J connectivity index is 2.30. The number of methoxy groups -OCH3 is 1. The summed E-state index contributed by atoms with van der Waals surface area (Å²) in [7, 11) is 3.31. The summed E-state index contributed by atoms with van der Waals surface area (Å²) in [5, 5.41) is 13.3. The Labute approximate surface area is 110 Å². The number of likely N-dealkylation sites (tertiary alicyclic amines) is 1. The van der Waals surface area contributed by atoms with Crippen LogP contribution in [0.2, 0.25) is 0 Å². The first kappa shape index (κ1) is 13.5. The summed E-state index contributed by atoms with van der Waals surface area (Å²) < 4.78 is 6.58. The van der Waals surface area contributed by atoms with Crippen LogP contribution in [0.3, 0.4) is 0 Å². The van der Waals surface area contributed by atoms with E-state index in [0.29, 0.717) is 13.2 Å². The molecule has 0 saturated carbocycles. The maximum absolute atomic E-state index is 12.0. The van der Waals surface area contributed by atoms with Crippen molar-refractivity contribution in [2.24, 2.45) is 13.0 Å². The average molecular weight is 267 g/mol. The smallest absolute Gasteiger partial charge is 0.309 e. The van der Waals surface area contributed by atoms with Gasteiger partial charge in [-0.2, -0.15) is 5.10 Å². The zero-order valence-electron chi connectivity index (χ0n) is 10.9. The lowest BCUT2D eigenvalue weighted by Crippen LogP contribution is -2.33. The van der Waals surface area contributed by atoms with Crippen LogP contribution >= 0.6 is 0 Å². The highest BCUT2D eigenvalue weighted by atomic mass is 16.5. The van der Waals surface area contributed by atoms with E-state index in [1.165, 1.54) is 0 Å². The van der Waals surface area contributed by atoms with Crippen molar-refractivity contribution in [1.29, 1.82) is 0 Å². The van der Waals surface area contributed by atoms with E-state index < -0.39 is 17.9 Å². The van der Waals surface area contributed by atoms with E-state index in [-0.39, 0.29) is 12.3 Å². The summed E-state index contributed by atoms with van der Waals surface area (Å²) in [4.78, 5) is 24.9. The van der Waals surface area contributed by atoms with E-state index in [4.69, 9.17) is 4.74 Å². The molecule has 0 radical (unpaired) electrons. The first-order valence-electron chi connectivity index (χ1n) is 6.04. The lowest BCUT2D eigenvalue weighted by atomic mass is 9.96. The van der Waals surface area contributed by atoms with E-state index in [0.717, 1.165) is 5.56 Å². The van der Waals surface area contributed by atoms with Crippen molar-refractivity contribution in [2.75, 3.05) is 20.3 Å². The van der Waals surface area contributed by atoms with Gasteiger partial charge in [0, 0.05) is 38.9 Å². The molecule has 1 fully saturated rings. The molecule has 2 atom stereocenters. The van der Waals surface area contributed by atoms with Gasteiger partial charge in [0.1, 0.15) is 0 Å². The van der Waals surface area contributed by atoms with Crippen molar-refractivity contribution in [3.05, 3.63) is 18.0 Å². The fourth-order valence-corrected chi connectivity index (χ4v) is 2.47. The lowest BCUT2D eigenvalue weighted by Gasteiger charge is -2.25. The second kappa shape index (κ2) is 5.40. The third-order valence-corrected chi connectivity index (χ3v) is 3.35. The summed E-state index contributed by atoms with van der Waals surface area (Å²) in [6, 6.07) is -0.464. The maximum atomic E-state index is 12.0. The van der Waals surface area contributed by atoms with Crippen molar-refractivity contribution < 1.29 is 19.4 Å². The van der Waals surface area contributed by atoms with Crippen LogP contribution in [0, 0.1) is 5.92 Å². The van der Waals surface area contributed by atoms with E-state index in [2.05, 4.69) is 5.10 Å². The fourth-order valence-electron chi connectivity index (χ4n) is 2.47. The van der Waals surface area contributed by atoms with Gasteiger partial charge in [-0.25, -0.2) is 0 Å². The Morgan fingerprint density at radius 3 is 2.89 bits per heavy atom. The summed E-state index contributed by atoms with van der Waals surface area (Å²) >= 11 is 0. The third-order valence-electron chi connectivity index (χ3n) is 3.35.